The Balaban J connectivity index is 1.52. The van der Waals surface area contributed by atoms with Gasteiger partial charge in [0.15, 0.2) is 11.6 Å². The van der Waals surface area contributed by atoms with Crippen molar-refractivity contribution in [2.75, 3.05) is 26.3 Å². The molecule has 0 aromatic heterocycles. The van der Waals surface area contributed by atoms with Crippen LogP contribution < -0.4 is 10.2 Å². The van der Waals surface area contributed by atoms with E-state index in [4.69, 9.17) is 24.3 Å². The van der Waals surface area contributed by atoms with E-state index in [9.17, 15) is 9.59 Å². The van der Waals surface area contributed by atoms with Gasteiger partial charge in [-0.05, 0) is 81.0 Å². The normalized spacial score (nSPS) is 20.0. The smallest absolute Gasteiger partial charge is 0.306 e. The minimum atomic E-state index is -1.44. The molecule has 2 aliphatic heterocycles. The van der Waals surface area contributed by atoms with Crippen LogP contribution in [-0.4, -0.2) is 65.3 Å². The molecule has 5 rings (SSSR count). The number of hydrazine groups is 1. The molecular formula is C37H45N3O6. The first-order chi connectivity index (χ1) is 22.2. The molecule has 244 valence electrons. The number of nitrogens with one attached hydrogen (secondary N) is 1. The van der Waals surface area contributed by atoms with Crippen LogP contribution in [-0.2, 0) is 19.1 Å². The highest BCUT2D eigenvalue weighted by molar-refractivity contribution is 6.01. The summed E-state index contributed by atoms with van der Waals surface area (Å²) >= 11 is 0. The van der Waals surface area contributed by atoms with Crippen molar-refractivity contribution >= 4 is 17.8 Å². The molecule has 1 fully saturated rings. The Morgan fingerprint density at radius 1 is 0.935 bits per heavy atom. The van der Waals surface area contributed by atoms with Crippen LogP contribution in [0.2, 0.25) is 0 Å². The molecule has 9 heteroatoms. The number of esters is 1. The summed E-state index contributed by atoms with van der Waals surface area (Å²) in [7, 11) is 0. The van der Waals surface area contributed by atoms with E-state index < -0.39 is 23.2 Å². The molecule has 1 amide bonds. The first-order valence-electron chi connectivity index (χ1n) is 16.2. The number of hydrogen-bond donors (Lipinski definition) is 2. The van der Waals surface area contributed by atoms with Crippen molar-refractivity contribution in [2.24, 2.45) is 4.99 Å². The Morgan fingerprint density at radius 3 is 2.24 bits per heavy atom. The summed E-state index contributed by atoms with van der Waals surface area (Å²) in [6, 6.07) is 25.4. The largest absolute Gasteiger partial charge is 0.494 e. The first kappa shape index (κ1) is 33.2. The number of aliphatic hydroxyl groups is 1. The van der Waals surface area contributed by atoms with E-state index in [1.54, 1.807) is 0 Å². The molecule has 0 radical (unpaired) electrons. The number of ether oxygens (including phenoxy) is 3. The number of carbonyl (C=O) groups is 2. The van der Waals surface area contributed by atoms with Gasteiger partial charge in [0.25, 0.3) is 5.91 Å². The molecule has 0 aliphatic carbocycles. The van der Waals surface area contributed by atoms with Gasteiger partial charge in [0.2, 0.25) is 5.90 Å². The van der Waals surface area contributed by atoms with Gasteiger partial charge in [-0.2, -0.15) is 0 Å². The molecule has 3 aromatic rings. The molecular weight excluding hydrogens is 582 g/mol. The Kier molecular flexibility index (Phi) is 10.8. The maximum absolute atomic E-state index is 14.5. The van der Waals surface area contributed by atoms with Gasteiger partial charge >= 0.3 is 5.97 Å². The van der Waals surface area contributed by atoms with Crippen LogP contribution in [0.3, 0.4) is 0 Å². The van der Waals surface area contributed by atoms with E-state index in [1.165, 1.54) is 0 Å². The molecule has 0 saturated carbocycles. The zero-order valence-electron chi connectivity index (χ0n) is 27.0. The van der Waals surface area contributed by atoms with Gasteiger partial charge in [-0.25, -0.2) is 10.0 Å². The van der Waals surface area contributed by atoms with Crippen molar-refractivity contribution in [2.45, 2.75) is 76.5 Å². The van der Waals surface area contributed by atoms with E-state index in [1.807, 2.05) is 92.5 Å². The molecule has 0 bridgehead atoms. The number of nitrogens with zero attached hydrogens (tertiary/aromatic N) is 2. The molecule has 9 nitrogen and oxygen atoms in total. The maximum Gasteiger partial charge on any atom is 0.306 e. The van der Waals surface area contributed by atoms with E-state index in [-0.39, 0.29) is 25.4 Å². The fourth-order valence-corrected chi connectivity index (χ4v) is 5.78. The van der Waals surface area contributed by atoms with E-state index in [2.05, 4.69) is 17.6 Å². The summed E-state index contributed by atoms with van der Waals surface area (Å²) in [5.74, 6) is 0.262. The zero-order chi connectivity index (χ0) is 32.6. The van der Waals surface area contributed by atoms with Crippen LogP contribution in [0.4, 0.5) is 0 Å². The average Bonchev–Trinajstić information content (AvgIpc) is 3.45. The second-order valence-corrected chi connectivity index (χ2v) is 12.9. The fraction of sp³-hybridized carbons (Fsp3) is 0.432. The second kappa shape index (κ2) is 14.9. The van der Waals surface area contributed by atoms with Crippen molar-refractivity contribution in [1.82, 2.24) is 10.4 Å². The number of rotatable bonds is 12. The summed E-state index contributed by atoms with van der Waals surface area (Å²) < 4.78 is 18.0. The van der Waals surface area contributed by atoms with Gasteiger partial charge in [-0.1, -0.05) is 61.0 Å². The predicted octanol–water partition coefficient (Wildman–Crippen LogP) is 6.01. The Labute approximate surface area is 271 Å². The minimum Gasteiger partial charge on any atom is -0.494 e. The van der Waals surface area contributed by atoms with Gasteiger partial charge < -0.3 is 19.3 Å². The van der Waals surface area contributed by atoms with E-state index in [0.717, 1.165) is 49.0 Å². The highest BCUT2D eigenvalue weighted by Crippen LogP contribution is 2.44. The summed E-state index contributed by atoms with van der Waals surface area (Å²) in [5.41, 5.74) is 4.63. The molecule has 2 heterocycles. The van der Waals surface area contributed by atoms with Crippen molar-refractivity contribution in [3.63, 3.8) is 0 Å². The lowest BCUT2D eigenvalue weighted by Gasteiger charge is -2.34. The van der Waals surface area contributed by atoms with Gasteiger partial charge in [-0.3, -0.25) is 15.0 Å². The molecule has 2 aliphatic rings. The third kappa shape index (κ3) is 8.33. The van der Waals surface area contributed by atoms with Crippen molar-refractivity contribution in [3.05, 3.63) is 90.0 Å². The van der Waals surface area contributed by atoms with E-state index in [0.29, 0.717) is 30.2 Å². The Bertz CT molecular complexity index is 1480. The lowest BCUT2D eigenvalue weighted by atomic mass is 9.83. The summed E-state index contributed by atoms with van der Waals surface area (Å²) in [5, 5.41) is 11.0. The van der Waals surface area contributed by atoms with Crippen LogP contribution in [0.25, 0.3) is 11.1 Å². The first-order valence-corrected chi connectivity index (χ1v) is 16.2. The average molecular weight is 628 g/mol. The summed E-state index contributed by atoms with van der Waals surface area (Å²) in [6.07, 6.45) is 2.94. The lowest BCUT2D eigenvalue weighted by molar-refractivity contribution is -0.155. The number of amides is 1. The molecule has 3 aromatic carbocycles. The molecule has 0 unspecified atom stereocenters. The number of carbonyl (C=O) groups excluding carboxylic acids is 2. The highest BCUT2D eigenvalue weighted by Gasteiger charge is 2.54. The standard InChI is InChI=1S/C37H45N3O6/c1-36(2,3)46-32(42)21-22-37(35(43)39-40-23-8-5-9-24-40)33(29-15-13-28(14-16-29)27-11-6-4-7-12-27)45-34(38-37)30-17-19-31(20-18-30)44-26-10-25-41/h4,6-7,11-20,33,41H,5,8-10,21-26H2,1-3H3,(H,39,43)/t33-,37-/m0/s1. The SMILES string of the molecule is CC(C)(C)OC(=O)CC[C@]1(C(=O)NN2CCCCC2)N=C(c2ccc(OCCCO)cc2)O[C@H]1c1ccc(-c2ccccc2)cc1. The summed E-state index contributed by atoms with van der Waals surface area (Å²) in [6.45, 7) is 7.44. The Hall–Kier alpha value is -4.21. The number of aliphatic hydroxyl groups excluding tert-OH is 1. The van der Waals surface area contributed by atoms with Crippen molar-refractivity contribution in [3.8, 4) is 16.9 Å². The number of hydrogen-bond acceptors (Lipinski definition) is 8. The topological polar surface area (TPSA) is 110 Å². The lowest BCUT2D eigenvalue weighted by Crippen LogP contribution is -2.55. The van der Waals surface area contributed by atoms with Crippen LogP contribution in [0, 0.1) is 0 Å². The molecule has 46 heavy (non-hydrogen) atoms. The Morgan fingerprint density at radius 2 is 1.59 bits per heavy atom. The number of benzene rings is 3. The third-order valence-electron chi connectivity index (χ3n) is 8.10. The number of aliphatic imine (C=N–C) groups is 1. The predicted molar refractivity (Wildman–Crippen MR) is 177 cm³/mol. The molecule has 1 saturated heterocycles. The third-order valence-corrected chi connectivity index (χ3v) is 8.10. The number of piperidine rings is 1. The molecule has 0 spiro atoms. The second-order valence-electron chi connectivity index (χ2n) is 12.9. The minimum absolute atomic E-state index is 0.0128. The van der Waals surface area contributed by atoms with Gasteiger partial charge in [0, 0.05) is 38.1 Å². The van der Waals surface area contributed by atoms with Gasteiger partial charge in [-0.15, -0.1) is 0 Å². The van der Waals surface area contributed by atoms with Crippen LogP contribution in [0.15, 0.2) is 83.9 Å². The highest BCUT2D eigenvalue weighted by atomic mass is 16.6. The van der Waals surface area contributed by atoms with Crippen molar-refractivity contribution < 1.29 is 28.9 Å². The van der Waals surface area contributed by atoms with Crippen LogP contribution in [0.5, 0.6) is 5.75 Å². The zero-order valence-corrected chi connectivity index (χ0v) is 27.0. The summed E-state index contributed by atoms with van der Waals surface area (Å²) in [4.78, 5) is 32.5. The van der Waals surface area contributed by atoms with Gasteiger partial charge in [0.1, 0.15) is 11.4 Å². The van der Waals surface area contributed by atoms with Crippen LogP contribution in [0.1, 0.15) is 76.5 Å². The maximum atomic E-state index is 14.5. The quantitative estimate of drug-likeness (QED) is 0.187. The molecule has 2 N–H and O–H groups in total. The molecule has 2 atom stereocenters. The fourth-order valence-electron chi connectivity index (χ4n) is 5.78. The monoisotopic (exact) mass is 627 g/mol. The van der Waals surface area contributed by atoms with Crippen LogP contribution >= 0.6 is 0 Å². The van der Waals surface area contributed by atoms with E-state index >= 15 is 0 Å². The van der Waals surface area contributed by atoms with Gasteiger partial charge in [0.05, 0.1) is 6.61 Å². The van der Waals surface area contributed by atoms with Crippen molar-refractivity contribution in [1.29, 1.82) is 0 Å².